The van der Waals surface area contributed by atoms with Crippen molar-refractivity contribution in [2.24, 2.45) is 0 Å². The van der Waals surface area contributed by atoms with Gasteiger partial charge in [0.25, 0.3) is 5.91 Å². The van der Waals surface area contributed by atoms with Gasteiger partial charge in [-0.3, -0.25) is 4.79 Å². The molecule has 3 rings (SSSR count). The maximum atomic E-state index is 12.6. The van der Waals surface area contributed by atoms with E-state index < -0.39 is 12.0 Å². The highest BCUT2D eigenvalue weighted by atomic mass is 79.9. The van der Waals surface area contributed by atoms with Crippen LogP contribution in [-0.4, -0.2) is 44.3 Å². The summed E-state index contributed by atoms with van der Waals surface area (Å²) in [5.41, 5.74) is 1.09. The maximum Gasteiger partial charge on any atom is 0.326 e. The highest BCUT2D eigenvalue weighted by Crippen LogP contribution is 2.20. The van der Waals surface area contributed by atoms with Gasteiger partial charge in [-0.05, 0) is 43.5 Å². The van der Waals surface area contributed by atoms with E-state index in [1.165, 1.54) is 4.90 Å². The molecule has 120 valence electrons. The van der Waals surface area contributed by atoms with E-state index in [9.17, 15) is 14.7 Å². The number of rotatable bonds is 3. The molecule has 0 bridgehead atoms. The monoisotopic (exact) mass is 377 g/mol. The molecule has 1 aliphatic rings. The van der Waals surface area contributed by atoms with E-state index in [-0.39, 0.29) is 11.6 Å². The van der Waals surface area contributed by atoms with Crippen molar-refractivity contribution >= 4 is 27.8 Å². The number of halogens is 1. The summed E-state index contributed by atoms with van der Waals surface area (Å²) in [6, 6.07) is 8.43. The molecule has 1 aromatic carbocycles. The number of carboxylic acids is 1. The molecule has 1 atom stereocenters. The second kappa shape index (κ2) is 6.54. The van der Waals surface area contributed by atoms with Crippen molar-refractivity contribution in [3.8, 4) is 5.69 Å². The summed E-state index contributed by atoms with van der Waals surface area (Å²) in [6.45, 7) is 0.458. The van der Waals surface area contributed by atoms with Crippen molar-refractivity contribution in [1.29, 1.82) is 0 Å². The van der Waals surface area contributed by atoms with Gasteiger partial charge >= 0.3 is 5.97 Å². The summed E-state index contributed by atoms with van der Waals surface area (Å²) in [7, 11) is 0. The molecule has 1 aliphatic heterocycles. The Bertz CT molecular complexity index is 744. The van der Waals surface area contributed by atoms with Gasteiger partial charge in [0.15, 0.2) is 5.69 Å². The van der Waals surface area contributed by atoms with Crippen LogP contribution in [0.25, 0.3) is 5.69 Å². The van der Waals surface area contributed by atoms with Crippen molar-refractivity contribution in [2.75, 3.05) is 6.54 Å². The van der Waals surface area contributed by atoms with Crippen LogP contribution in [0, 0.1) is 0 Å². The van der Waals surface area contributed by atoms with Crippen LogP contribution in [0.15, 0.2) is 41.0 Å². The smallest absolute Gasteiger partial charge is 0.326 e. The molecule has 1 unspecified atom stereocenters. The second-order valence-corrected chi connectivity index (χ2v) is 6.39. The zero-order chi connectivity index (χ0) is 16.4. The molecular formula is C16H16BrN3O3. The fraction of sp³-hybridized carbons (Fsp3) is 0.312. The highest BCUT2D eigenvalue weighted by molar-refractivity contribution is 9.10. The van der Waals surface area contributed by atoms with Crippen molar-refractivity contribution in [2.45, 2.75) is 25.3 Å². The number of aromatic nitrogens is 2. The van der Waals surface area contributed by atoms with Crippen molar-refractivity contribution in [1.82, 2.24) is 14.7 Å². The lowest BCUT2D eigenvalue weighted by Gasteiger charge is -2.32. The Morgan fingerprint density at radius 1 is 1.26 bits per heavy atom. The highest BCUT2D eigenvalue weighted by Gasteiger charge is 2.33. The fourth-order valence-corrected chi connectivity index (χ4v) is 3.17. The molecule has 0 saturated carbocycles. The predicted molar refractivity (Wildman–Crippen MR) is 87.6 cm³/mol. The summed E-state index contributed by atoms with van der Waals surface area (Å²) in [5.74, 6) is -1.28. The van der Waals surface area contributed by atoms with Gasteiger partial charge in [0.1, 0.15) is 6.04 Å². The Morgan fingerprint density at radius 2 is 2.09 bits per heavy atom. The number of piperidine rings is 1. The quantitative estimate of drug-likeness (QED) is 0.891. The number of carbonyl (C=O) groups excluding carboxylic acids is 1. The molecule has 1 amide bonds. The van der Waals surface area contributed by atoms with Gasteiger partial charge < -0.3 is 10.0 Å². The van der Waals surface area contributed by atoms with E-state index in [0.717, 1.165) is 23.0 Å². The fourth-order valence-electron chi connectivity index (χ4n) is 2.78. The SMILES string of the molecule is O=C(O)C1CCCCN1C(=O)c1ccn(-c2cccc(Br)c2)n1. The summed E-state index contributed by atoms with van der Waals surface area (Å²) >= 11 is 3.40. The first kappa shape index (κ1) is 15.7. The van der Waals surface area contributed by atoms with Gasteiger partial charge in [0, 0.05) is 17.2 Å². The lowest BCUT2D eigenvalue weighted by Crippen LogP contribution is -2.48. The van der Waals surface area contributed by atoms with E-state index in [1.807, 2.05) is 24.3 Å². The summed E-state index contributed by atoms with van der Waals surface area (Å²) in [4.78, 5) is 25.4. The van der Waals surface area contributed by atoms with Crippen LogP contribution < -0.4 is 0 Å². The molecule has 1 aromatic heterocycles. The largest absolute Gasteiger partial charge is 0.480 e. The molecule has 23 heavy (non-hydrogen) atoms. The average Bonchev–Trinajstić information content (AvgIpc) is 3.04. The molecule has 1 fully saturated rings. The van der Waals surface area contributed by atoms with Crippen molar-refractivity contribution in [3.05, 3.63) is 46.7 Å². The van der Waals surface area contributed by atoms with Crippen LogP contribution in [-0.2, 0) is 4.79 Å². The summed E-state index contributed by atoms with van der Waals surface area (Å²) in [6.07, 6.45) is 3.84. The van der Waals surface area contributed by atoms with E-state index in [2.05, 4.69) is 21.0 Å². The van der Waals surface area contributed by atoms with Crippen LogP contribution in [0.5, 0.6) is 0 Å². The zero-order valence-corrected chi connectivity index (χ0v) is 13.9. The number of benzene rings is 1. The minimum absolute atomic E-state index is 0.262. The van der Waals surface area contributed by atoms with E-state index >= 15 is 0 Å². The molecule has 0 spiro atoms. The number of hydrogen-bond acceptors (Lipinski definition) is 3. The molecular weight excluding hydrogens is 362 g/mol. The summed E-state index contributed by atoms with van der Waals surface area (Å²) in [5, 5.41) is 13.6. The third-order valence-electron chi connectivity index (χ3n) is 3.93. The van der Waals surface area contributed by atoms with Gasteiger partial charge in [-0.2, -0.15) is 5.10 Å². The molecule has 0 aliphatic carbocycles. The van der Waals surface area contributed by atoms with Gasteiger partial charge in [-0.25, -0.2) is 9.48 Å². The predicted octanol–water partition coefficient (Wildman–Crippen LogP) is 2.71. The van der Waals surface area contributed by atoms with Crippen LogP contribution in [0.1, 0.15) is 29.8 Å². The number of carbonyl (C=O) groups is 2. The van der Waals surface area contributed by atoms with Gasteiger partial charge in [-0.15, -0.1) is 0 Å². The second-order valence-electron chi connectivity index (χ2n) is 5.47. The number of likely N-dealkylation sites (tertiary alicyclic amines) is 1. The molecule has 7 heteroatoms. The Morgan fingerprint density at radius 3 is 2.83 bits per heavy atom. The number of nitrogens with zero attached hydrogens (tertiary/aromatic N) is 3. The molecule has 1 N–H and O–H groups in total. The van der Waals surface area contributed by atoms with Gasteiger partial charge in [0.05, 0.1) is 5.69 Å². The Hall–Kier alpha value is -2.15. The number of aliphatic carboxylic acids is 1. The third-order valence-corrected chi connectivity index (χ3v) is 4.42. The van der Waals surface area contributed by atoms with E-state index in [1.54, 1.807) is 16.9 Å². The van der Waals surface area contributed by atoms with Crippen LogP contribution in [0.3, 0.4) is 0 Å². The standard InChI is InChI=1S/C16H16BrN3O3/c17-11-4-3-5-12(10-11)20-9-7-13(18-20)15(21)19-8-2-1-6-14(19)16(22)23/h3-5,7,9-10,14H,1-2,6,8H2,(H,22,23). The average molecular weight is 378 g/mol. The Labute approximate surface area is 141 Å². The normalized spacial score (nSPS) is 18.0. The molecule has 2 heterocycles. The number of hydrogen-bond donors (Lipinski definition) is 1. The number of carboxylic acid groups (broad SMARTS) is 1. The zero-order valence-electron chi connectivity index (χ0n) is 12.4. The van der Waals surface area contributed by atoms with Crippen LogP contribution in [0.4, 0.5) is 0 Å². The summed E-state index contributed by atoms with van der Waals surface area (Å²) < 4.78 is 2.53. The Balaban J connectivity index is 1.84. The number of amides is 1. The third kappa shape index (κ3) is 3.29. The van der Waals surface area contributed by atoms with Gasteiger partial charge in [-0.1, -0.05) is 22.0 Å². The first-order valence-corrected chi connectivity index (χ1v) is 8.21. The van der Waals surface area contributed by atoms with Gasteiger partial charge in [0.2, 0.25) is 0 Å². The lowest BCUT2D eigenvalue weighted by atomic mass is 10.0. The lowest BCUT2D eigenvalue weighted by molar-refractivity contribution is -0.143. The molecule has 0 radical (unpaired) electrons. The van der Waals surface area contributed by atoms with Crippen molar-refractivity contribution in [3.63, 3.8) is 0 Å². The first-order valence-electron chi connectivity index (χ1n) is 7.41. The first-order chi connectivity index (χ1) is 11.1. The Kier molecular flexibility index (Phi) is 4.47. The minimum atomic E-state index is -0.954. The molecule has 1 saturated heterocycles. The molecule has 2 aromatic rings. The minimum Gasteiger partial charge on any atom is -0.480 e. The van der Waals surface area contributed by atoms with Crippen molar-refractivity contribution < 1.29 is 14.7 Å². The molecule has 6 nitrogen and oxygen atoms in total. The van der Waals surface area contributed by atoms with E-state index in [4.69, 9.17) is 0 Å². The van der Waals surface area contributed by atoms with Crippen LogP contribution >= 0.6 is 15.9 Å². The van der Waals surface area contributed by atoms with E-state index in [0.29, 0.717) is 13.0 Å². The topological polar surface area (TPSA) is 75.4 Å². The maximum absolute atomic E-state index is 12.6. The van der Waals surface area contributed by atoms with Crippen LogP contribution in [0.2, 0.25) is 0 Å².